The molecule has 1 heterocycles. The van der Waals surface area contributed by atoms with Crippen LogP contribution in [0.4, 0.5) is 0 Å². The van der Waals surface area contributed by atoms with E-state index in [9.17, 15) is 24.0 Å². The van der Waals surface area contributed by atoms with Crippen LogP contribution in [-0.4, -0.2) is 46.0 Å². The number of amides is 3. The Bertz CT molecular complexity index is 1580. The normalized spacial score (nSPS) is 22.1. The van der Waals surface area contributed by atoms with Crippen LogP contribution in [0.2, 0.25) is 5.02 Å². The number of fused-ring (bicyclic) bond motifs is 5. The van der Waals surface area contributed by atoms with Crippen LogP contribution in [-0.2, 0) is 9.59 Å². The second-order valence-electron chi connectivity index (χ2n) is 10.5. The molecule has 0 N–H and O–H groups in total. The van der Waals surface area contributed by atoms with E-state index in [1.807, 2.05) is 19.1 Å². The van der Waals surface area contributed by atoms with Crippen molar-refractivity contribution in [1.82, 2.24) is 10.0 Å². The number of hydrogen-bond acceptors (Lipinski definition) is 6. The summed E-state index contributed by atoms with van der Waals surface area (Å²) in [7, 11) is 0. The molecule has 41 heavy (non-hydrogen) atoms. The zero-order valence-corrected chi connectivity index (χ0v) is 22.8. The van der Waals surface area contributed by atoms with Crippen molar-refractivity contribution in [1.29, 1.82) is 0 Å². The Hall–Kier alpha value is -4.56. The van der Waals surface area contributed by atoms with Gasteiger partial charge < -0.3 is 4.74 Å². The summed E-state index contributed by atoms with van der Waals surface area (Å²) < 4.78 is 5.41. The molecule has 3 amide bonds. The van der Waals surface area contributed by atoms with Crippen LogP contribution in [0.15, 0.2) is 84.9 Å². The fourth-order valence-electron chi connectivity index (χ4n) is 5.92. The highest BCUT2D eigenvalue weighted by molar-refractivity contribution is 6.34. The van der Waals surface area contributed by atoms with Gasteiger partial charge in [-0.15, -0.1) is 0 Å². The SMILES string of the molecule is Cc1ccc(C(=O)Oc2ccc(C(=O)CN(C(=O)c3ccccc3Cl)N3C(=O)[C@@H]4[C@@H](C3=O)[C@H]3C=C[C@H]4C3)cc2)cc1. The lowest BCUT2D eigenvalue weighted by Gasteiger charge is -2.31. The van der Waals surface area contributed by atoms with Crippen LogP contribution in [0.3, 0.4) is 0 Å². The monoisotopic (exact) mass is 568 g/mol. The summed E-state index contributed by atoms with van der Waals surface area (Å²) in [6, 6.07) is 19.1. The topological polar surface area (TPSA) is 101 Å². The van der Waals surface area contributed by atoms with Crippen LogP contribution >= 0.6 is 11.6 Å². The van der Waals surface area contributed by atoms with Gasteiger partial charge in [-0.1, -0.05) is 53.6 Å². The molecule has 3 aliphatic rings. The Balaban J connectivity index is 1.24. The third kappa shape index (κ3) is 4.74. The summed E-state index contributed by atoms with van der Waals surface area (Å²) in [6.07, 6.45) is 4.65. The zero-order chi connectivity index (χ0) is 28.8. The van der Waals surface area contributed by atoms with Gasteiger partial charge in [0.05, 0.1) is 28.0 Å². The summed E-state index contributed by atoms with van der Waals surface area (Å²) >= 11 is 6.29. The van der Waals surface area contributed by atoms with E-state index in [1.165, 1.54) is 36.4 Å². The van der Waals surface area contributed by atoms with Crippen molar-refractivity contribution in [2.75, 3.05) is 6.54 Å². The molecule has 1 aliphatic heterocycles. The highest BCUT2D eigenvalue weighted by atomic mass is 35.5. The molecule has 0 radical (unpaired) electrons. The number of Topliss-reactive ketones (excluding diaryl/α,β-unsaturated/α-hetero) is 1. The average molecular weight is 569 g/mol. The van der Waals surface area contributed by atoms with E-state index in [0.29, 0.717) is 5.56 Å². The number of ether oxygens (including phenoxy) is 1. The Morgan fingerprint density at radius 2 is 1.44 bits per heavy atom. The van der Waals surface area contributed by atoms with Gasteiger partial charge in [0.1, 0.15) is 12.3 Å². The van der Waals surface area contributed by atoms with Gasteiger partial charge in [-0.2, -0.15) is 5.01 Å². The Morgan fingerprint density at radius 3 is 2.05 bits per heavy atom. The van der Waals surface area contributed by atoms with Gasteiger partial charge in [0.2, 0.25) is 0 Å². The maximum Gasteiger partial charge on any atom is 0.343 e. The number of carbonyl (C=O) groups excluding carboxylic acids is 5. The molecular formula is C32H25ClN2O6. The number of hydrogen-bond donors (Lipinski definition) is 0. The van der Waals surface area contributed by atoms with Crippen molar-refractivity contribution >= 4 is 41.1 Å². The largest absolute Gasteiger partial charge is 0.423 e. The summed E-state index contributed by atoms with van der Waals surface area (Å²) in [6.45, 7) is 1.35. The quantitative estimate of drug-likeness (QED) is 0.132. The molecular weight excluding hydrogens is 544 g/mol. The van der Waals surface area contributed by atoms with E-state index in [2.05, 4.69) is 0 Å². The molecule has 2 fully saturated rings. The van der Waals surface area contributed by atoms with Gasteiger partial charge >= 0.3 is 5.97 Å². The van der Waals surface area contributed by atoms with Crippen molar-refractivity contribution < 1.29 is 28.7 Å². The van der Waals surface area contributed by atoms with Crippen LogP contribution in [0, 0.1) is 30.6 Å². The predicted molar refractivity (Wildman–Crippen MR) is 149 cm³/mol. The number of halogens is 1. The maximum atomic E-state index is 13.7. The number of ketones is 1. The summed E-state index contributed by atoms with van der Waals surface area (Å²) in [5, 5.41) is 1.90. The van der Waals surface area contributed by atoms with E-state index < -0.39 is 47.9 Å². The number of carbonyl (C=O) groups is 5. The molecule has 1 saturated heterocycles. The van der Waals surface area contributed by atoms with E-state index in [4.69, 9.17) is 16.3 Å². The fraction of sp³-hybridized carbons (Fsp3) is 0.219. The van der Waals surface area contributed by atoms with Crippen LogP contribution in [0.25, 0.3) is 0 Å². The predicted octanol–water partition coefficient (Wildman–Crippen LogP) is 4.91. The van der Waals surface area contributed by atoms with Crippen molar-refractivity contribution in [2.45, 2.75) is 13.3 Å². The number of allylic oxidation sites excluding steroid dienone is 2. The third-order valence-electron chi connectivity index (χ3n) is 7.99. The molecule has 0 aromatic heterocycles. The first kappa shape index (κ1) is 26.7. The minimum absolute atomic E-state index is 0.0606. The van der Waals surface area contributed by atoms with Gasteiger partial charge in [0.25, 0.3) is 17.7 Å². The Labute approximate surface area is 241 Å². The second-order valence-corrected chi connectivity index (χ2v) is 10.9. The molecule has 0 spiro atoms. The first-order valence-electron chi connectivity index (χ1n) is 13.3. The molecule has 4 atom stereocenters. The smallest absolute Gasteiger partial charge is 0.343 e. The minimum Gasteiger partial charge on any atom is -0.423 e. The maximum absolute atomic E-state index is 13.7. The first-order chi connectivity index (χ1) is 19.7. The Morgan fingerprint density at radius 1 is 0.854 bits per heavy atom. The van der Waals surface area contributed by atoms with E-state index in [-0.39, 0.29) is 33.7 Å². The lowest BCUT2D eigenvalue weighted by Crippen LogP contribution is -2.52. The summed E-state index contributed by atoms with van der Waals surface area (Å²) in [5.74, 6) is -3.73. The lowest BCUT2D eigenvalue weighted by atomic mass is 9.85. The number of nitrogens with zero attached hydrogens (tertiary/aromatic N) is 2. The van der Waals surface area contributed by atoms with Gasteiger partial charge in [-0.3, -0.25) is 19.2 Å². The number of aryl methyl sites for hydroxylation is 1. The van der Waals surface area contributed by atoms with E-state index in [1.54, 1.807) is 36.4 Å². The molecule has 2 aliphatic carbocycles. The molecule has 1 saturated carbocycles. The van der Waals surface area contributed by atoms with Gasteiger partial charge in [-0.05, 0) is 73.7 Å². The number of hydrazine groups is 1. The number of esters is 1. The molecule has 3 aromatic rings. The van der Waals surface area contributed by atoms with E-state index >= 15 is 0 Å². The molecule has 0 unspecified atom stereocenters. The van der Waals surface area contributed by atoms with Crippen LogP contribution in [0.5, 0.6) is 5.75 Å². The fourth-order valence-corrected chi connectivity index (χ4v) is 6.14. The highest BCUT2D eigenvalue weighted by Gasteiger charge is 2.61. The summed E-state index contributed by atoms with van der Waals surface area (Å²) in [4.78, 5) is 66.7. The number of imide groups is 1. The Kier molecular flexibility index (Phi) is 6.79. The van der Waals surface area contributed by atoms with Crippen molar-refractivity contribution in [3.05, 3.63) is 112 Å². The molecule has 9 heteroatoms. The number of rotatable bonds is 7. The first-order valence-corrected chi connectivity index (χ1v) is 13.7. The van der Waals surface area contributed by atoms with Crippen LogP contribution in [0.1, 0.15) is 43.1 Å². The molecule has 8 nitrogen and oxygen atoms in total. The molecule has 206 valence electrons. The molecule has 6 rings (SSSR count). The van der Waals surface area contributed by atoms with Gasteiger partial charge in [-0.25, -0.2) is 9.80 Å². The van der Waals surface area contributed by atoms with Gasteiger partial charge in [0, 0.05) is 5.56 Å². The zero-order valence-electron chi connectivity index (χ0n) is 22.0. The van der Waals surface area contributed by atoms with Crippen molar-refractivity contribution in [2.24, 2.45) is 23.7 Å². The highest BCUT2D eigenvalue weighted by Crippen LogP contribution is 2.52. The van der Waals surface area contributed by atoms with Crippen molar-refractivity contribution in [3.63, 3.8) is 0 Å². The van der Waals surface area contributed by atoms with Crippen LogP contribution < -0.4 is 4.74 Å². The van der Waals surface area contributed by atoms with Gasteiger partial charge in [0.15, 0.2) is 5.78 Å². The summed E-state index contributed by atoms with van der Waals surface area (Å²) in [5.41, 5.74) is 1.67. The molecule has 2 bridgehead atoms. The number of benzene rings is 3. The van der Waals surface area contributed by atoms with Crippen molar-refractivity contribution in [3.8, 4) is 5.75 Å². The minimum atomic E-state index is -0.727. The standard InChI is InChI=1S/C32H25ClN2O6/c1-18-6-8-20(9-7-18)32(40)41-23-14-12-19(13-15-23)26(36)17-34(29(37)24-4-2-3-5-25(24)33)35-30(38)27-21-10-11-22(16-21)28(27)31(35)39/h2-15,21-22,27-28H,16-17H2,1H3/t21-,22-,27-,28-/m0/s1. The third-order valence-corrected chi connectivity index (χ3v) is 8.32. The molecule has 3 aromatic carbocycles. The average Bonchev–Trinajstić information content (AvgIpc) is 3.66. The van der Waals surface area contributed by atoms with E-state index in [0.717, 1.165) is 22.0 Å². The lowest BCUT2D eigenvalue weighted by molar-refractivity contribution is -0.154. The second kappa shape index (κ2) is 10.4.